The summed E-state index contributed by atoms with van der Waals surface area (Å²) in [7, 11) is -1.26. The molecule has 10 heteroatoms. The highest BCUT2D eigenvalue weighted by Crippen LogP contribution is 2.22. The lowest BCUT2D eigenvalue weighted by molar-refractivity contribution is -0.139. The Morgan fingerprint density at radius 1 is 1.03 bits per heavy atom. The van der Waals surface area contributed by atoms with E-state index in [1.165, 1.54) is 25.1 Å². The predicted molar refractivity (Wildman–Crippen MR) is 133 cm³/mol. The van der Waals surface area contributed by atoms with Gasteiger partial charge in [-0.2, -0.15) is 12.7 Å². The number of halogens is 1. The Morgan fingerprint density at radius 3 is 2.23 bits per heavy atom. The molecule has 35 heavy (non-hydrogen) atoms. The summed E-state index contributed by atoms with van der Waals surface area (Å²) >= 11 is 0. The number of para-hydroxylation sites is 1. The first-order valence-electron chi connectivity index (χ1n) is 11.7. The SMILES string of the molecule is CC(C(=O)NC1CCCC1)N(Cc1ccccc1F)C(=O)CN(c1ccccc1)S(=O)(=O)N(C)C. The number of benzene rings is 2. The van der Waals surface area contributed by atoms with Gasteiger partial charge in [0.2, 0.25) is 11.8 Å². The molecule has 0 aromatic heterocycles. The predicted octanol–water partition coefficient (Wildman–Crippen LogP) is 2.91. The third-order valence-electron chi connectivity index (χ3n) is 6.23. The van der Waals surface area contributed by atoms with Crippen molar-refractivity contribution in [3.8, 4) is 0 Å². The van der Waals surface area contributed by atoms with E-state index in [-0.39, 0.29) is 24.1 Å². The first-order valence-corrected chi connectivity index (χ1v) is 13.1. The summed E-state index contributed by atoms with van der Waals surface area (Å²) in [4.78, 5) is 27.9. The Hall–Kier alpha value is -2.98. The zero-order valence-electron chi connectivity index (χ0n) is 20.4. The molecule has 1 fully saturated rings. The van der Waals surface area contributed by atoms with Crippen LogP contribution < -0.4 is 9.62 Å². The van der Waals surface area contributed by atoms with Crippen LogP contribution in [-0.4, -0.2) is 62.2 Å². The molecule has 2 aromatic carbocycles. The third kappa shape index (κ3) is 6.58. The quantitative estimate of drug-likeness (QED) is 0.539. The lowest BCUT2D eigenvalue weighted by Gasteiger charge is -2.33. The standard InChI is InChI=1S/C25H33FN4O4S/c1-19(25(32)27-21-12-8-9-13-21)29(17-20-11-7-10-16-23(20)26)24(31)18-30(35(33,34)28(2)3)22-14-5-4-6-15-22/h4-7,10-11,14-16,19,21H,8-9,12-13,17-18H2,1-3H3,(H,27,32). The Balaban J connectivity index is 1.91. The number of rotatable bonds is 10. The van der Waals surface area contributed by atoms with Crippen molar-refractivity contribution >= 4 is 27.7 Å². The molecule has 1 aliphatic rings. The van der Waals surface area contributed by atoms with Crippen molar-refractivity contribution in [3.05, 3.63) is 66.0 Å². The van der Waals surface area contributed by atoms with Crippen LogP contribution in [0.1, 0.15) is 38.2 Å². The zero-order valence-corrected chi connectivity index (χ0v) is 21.2. The molecule has 1 N–H and O–H groups in total. The number of hydrogen-bond donors (Lipinski definition) is 1. The summed E-state index contributed by atoms with van der Waals surface area (Å²) in [6, 6.07) is 13.4. The van der Waals surface area contributed by atoms with Gasteiger partial charge in [-0.25, -0.2) is 8.70 Å². The topological polar surface area (TPSA) is 90.0 Å². The van der Waals surface area contributed by atoms with Crippen molar-refractivity contribution in [1.82, 2.24) is 14.5 Å². The summed E-state index contributed by atoms with van der Waals surface area (Å²) in [6.07, 6.45) is 3.82. The van der Waals surface area contributed by atoms with Gasteiger partial charge in [0.25, 0.3) is 0 Å². The molecule has 2 amide bonds. The van der Waals surface area contributed by atoms with Gasteiger partial charge in [0.1, 0.15) is 18.4 Å². The van der Waals surface area contributed by atoms with E-state index in [9.17, 15) is 22.4 Å². The fourth-order valence-corrected chi connectivity index (χ4v) is 5.15. The maximum Gasteiger partial charge on any atom is 0.304 e. The second-order valence-corrected chi connectivity index (χ2v) is 11.0. The molecule has 2 aromatic rings. The van der Waals surface area contributed by atoms with Gasteiger partial charge in [-0.3, -0.25) is 9.59 Å². The van der Waals surface area contributed by atoms with Crippen molar-refractivity contribution in [2.45, 2.75) is 51.2 Å². The van der Waals surface area contributed by atoms with E-state index >= 15 is 0 Å². The minimum atomic E-state index is -4.02. The van der Waals surface area contributed by atoms with Gasteiger partial charge in [0.15, 0.2) is 0 Å². The van der Waals surface area contributed by atoms with Crippen LogP contribution in [0.5, 0.6) is 0 Å². The lowest BCUT2D eigenvalue weighted by atomic mass is 10.1. The molecule has 0 spiro atoms. The van der Waals surface area contributed by atoms with Crippen molar-refractivity contribution in [2.24, 2.45) is 0 Å². The molecule has 0 saturated heterocycles. The summed E-state index contributed by atoms with van der Waals surface area (Å²) < 4.78 is 42.6. The van der Waals surface area contributed by atoms with Gasteiger partial charge in [0.05, 0.1) is 5.69 Å². The number of amides is 2. The highest BCUT2D eigenvalue weighted by molar-refractivity contribution is 7.90. The molecule has 1 atom stereocenters. The Morgan fingerprint density at radius 2 is 1.63 bits per heavy atom. The van der Waals surface area contributed by atoms with Gasteiger partial charge >= 0.3 is 10.2 Å². The maximum absolute atomic E-state index is 14.5. The molecule has 0 radical (unpaired) electrons. The van der Waals surface area contributed by atoms with Crippen LogP contribution >= 0.6 is 0 Å². The molecule has 0 heterocycles. The van der Waals surface area contributed by atoms with Crippen molar-refractivity contribution < 1.29 is 22.4 Å². The van der Waals surface area contributed by atoms with Crippen molar-refractivity contribution in [1.29, 1.82) is 0 Å². The van der Waals surface area contributed by atoms with E-state index < -0.39 is 34.5 Å². The van der Waals surface area contributed by atoms with E-state index in [0.717, 1.165) is 34.3 Å². The molecule has 0 bridgehead atoms. The smallest absolute Gasteiger partial charge is 0.304 e. The monoisotopic (exact) mass is 504 g/mol. The minimum absolute atomic E-state index is 0.0466. The number of nitrogens with zero attached hydrogens (tertiary/aromatic N) is 3. The fraction of sp³-hybridized carbons (Fsp3) is 0.440. The maximum atomic E-state index is 14.5. The second kappa shape index (κ2) is 11.6. The van der Waals surface area contributed by atoms with Gasteiger partial charge in [0, 0.05) is 32.2 Å². The number of carbonyl (C=O) groups is 2. The summed E-state index contributed by atoms with van der Waals surface area (Å²) in [5.74, 6) is -1.46. The van der Waals surface area contributed by atoms with Gasteiger partial charge in [-0.1, -0.05) is 49.2 Å². The van der Waals surface area contributed by atoms with Crippen LogP contribution in [0.2, 0.25) is 0 Å². The third-order valence-corrected chi connectivity index (χ3v) is 8.05. The molecule has 8 nitrogen and oxygen atoms in total. The first kappa shape index (κ1) is 26.6. The minimum Gasteiger partial charge on any atom is -0.352 e. The lowest BCUT2D eigenvalue weighted by Crippen LogP contribution is -2.53. The van der Waals surface area contributed by atoms with Crippen LogP contribution in [0, 0.1) is 5.82 Å². The largest absolute Gasteiger partial charge is 0.352 e. The fourth-order valence-electron chi connectivity index (χ4n) is 4.10. The molecule has 1 saturated carbocycles. The van der Waals surface area contributed by atoms with E-state index in [1.807, 2.05) is 0 Å². The van der Waals surface area contributed by atoms with Crippen LogP contribution in [0.25, 0.3) is 0 Å². The van der Waals surface area contributed by atoms with Gasteiger partial charge in [-0.05, 0) is 38.0 Å². The average molecular weight is 505 g/mol. The molecule has 1 aliphatic carbocycles. The number of hydrogen-bond acceptors (Lipinski definition) is 4. The number of nitrogens with one attached hydrogen (secondary N) is 1. The number of anilines is 1. The molecule has 190 valence electrons. The van der Waals surface area contributed by atoms with Gasteiger partial charge in [-0.15, -0.1) is 0 Å². The van der Waals surface area contributed by atoms with Crippen LogP contribution in [0.3, 0.4) is 0 Å². The Kier molecular flexibility index (Phi) is 8.85. The normalized spacial score (nSPS) is 15.1. The van der Waals surface area contributed by atoms with E-state index in [4.69, 9.17) is 0 Å². The molecule has 3 rings (SSSR count). The second-order valence-electron chi connectivity index (χ2n) is 8.91. The van der Waals surface area contributed by atoms with E-state index in [0.29, 0.717) is 5.69 Å². The Bertz CT molecular complexity index is 1120. The molecule has 1 unspecified atom stereocenters. The average Bonchev–Trinajstić information content (AvgIpc) is 3.34. The highest BCUT2D eigenvalue weighted by atomic mass is 32.2. The van der Waals surface area contributed by atoms with Gasteiger partial charge < -0.3 is 10.2 Å². The zero-order chi connectivity index (χ0) is 25.6. The number of carbonyl (C=O) groups excluding carboxylic acids is 2. The first-order chi connectivity index (χ1) is 16.6. The van der Waals surface area contributed by atoms with E-state index in [1.54, 1.807) is 55.5 Å². The summed E-state index contributed by atoms with van der Waals surface area (Å²) in [5, 5.41) is 2.98. The highest BCUT2D eigenvalue weighted by Gasteiger charge is 2.33. The van der Waals surface area contributed by atoms with Crippen molar-refractivity contribution in [2.75, 3.05) is 24.9 Å². The summed E-state index contributed by atoms with van der Waals surface area (Å²) in [6.45, 7) is 0.867. The van der Waals surface area contributed by atoms with Crippen LogP contribution in [0.4, 0.5) is 10.1 Å². The van der Waals surface area contributed by atoms with Crippen LogP contribution in [-0.2, 0) is 26.3 Å². The molecule has 0 aliphatic heterocycles. The molecular formula is C25H33FN4O4S. The summed E-state index contributed by atoms with van der Waals surface area (Å²) in [5.41, 5.74) is 0.548. The van der Waals surface area contributed by atoms with Crippen LogP contribution in [0.15, 0.2) is 54.6 Å². The van der Waals surface area contributed by atoms with E-state index in [2.05, 4.69) is 5.32 Å². The molecular weight excluding hydrogens is 471 g/mol. The Labute approximate surface area is 206 Å². The van der Waals surface area contributed by atoms with Crippen molar-refractivity contribution in [3.63, 3.8) is 0 Å².